The first kappa shape index (κ1) is 20.6. The molecule has 10 heteroatoms. The van der Waals surface area contributed by atoms with Gasteiger partial charge in [-0.05, 0) is 42.8 Å². The van der Waals surface area contributed by atoms with Gasteiger partial charge in [-0.1, -0.05) is 29.3 Å². The molecule has 0 saturated carbocycles. The fraction of sp³-hybridized carbons (Fsp3) is 0.158. The van der Waals surface area contributed by atoms with E-state index in [4.69, 9.17) is 32.7 Å². The van der Waals surface area contributed by atoms with Gasteiger partial charge in [-0.3, -0.25) is 9.78 Å². The molecule has 0 atom stereocenters. The van der Waals surface area contributed by atoms with Crippen LogP contribution >= 0.6 is 23.2 Å². The van der Waals surface area contributed by atoms with Crippen LogP contribution < -0.4 is 20.5 Å². The summed E-state index contributed by atoms with van der Waals surface area (Å²) in [6.45, 7) is 2.62. The molecule has 0 amide bonds. The number of ether oxygens (including phenoxy) is 2. The molecule has 29 heavy (non-hydrogen) atoms. The second kappa shape index (κ2) is 9.90. The Balaban J connectivity index is 1.70. The highest BCUT2D eigenvalue weighted by Gasteiger charge is 2.08. The van der Waals surface area contributed by atoms with Crippen LogP contribution in [-0.2, 0) is 6.61 Å². The molecule has 0 radical (unpaired) electrons. The minimum Gasteiger partial charge on any atom is -0.490 e. The summed E-state index contributed by atoms with van der Waals surface area (Å²) in [6.07, 6.45) is 2.62. The lowest BCUT2D eigenvalue weighted by Gasteiger charge is -2.13. The van der Waals surface area contributed by atoms with Crippen LogP contribution in [-0.4, -0.2) is 28.0 Å². The number of rotatable bonds is 8. The molecule has 0 fully saturated rings. The summed E-state index contributed by atoms with van der Waals surface area (Å²) in [5.41, 5.74) is 3.79. The van der Waals surface area contributed by atoms with E-state index in [-0.39, 0.29) is 18.1 Å². The van der Waals surface area contributed by atoms with Crippen LogP contribution in [0, 0.1) is 0 Å². The quantitative estimate of drug-likeness (QED) is 0.412. The van der Waals surface area contributed by atoms with E-state index < -0.39 is 0 Å². The zero-order valence-corrected chi connectivity index (χ0v) is 16.9. The lowest BCUT2D eigenvalue weighted by atomic mass is 10.2. The van der Waals surface area contributed by atoms with E-state index in [9.17, 15) is 4.79 Å². The first-order valence-electron chi connectivity index (χ1n) is 8.60. The van der Waals surface area contributed by atoms with Crippen molar-refractivity contribution in [2.24, 2.45) is 5.10 Å². The second-order valence-electron chi connectivity index (χ2n) is 5.72. The van der Waals surface area contributed by atoms with Crippen molar-refractivity contribution in [1.82, 2.24) is 15.2 Å². The maximum atomic E-state index is 11.2. The van der Waals surface area contributed by atoms with Gasteiger partial charge < -0.3 is 9.47 Å². The van der Waals surface area contributed by atoms with E-state index in [1.165, 1.54) is 0 Å². The largest absolute Gasteiger partial charge is 0.490 e. The number of hydrazone groups is 1. The Kier molecular flexibility index (Phi) is 7.04. The number of hydrogen-bond donors (Lipinski definition) is 2. The van der Waals surface area contributed by atoms with Crippen molar-refractivity contribution in [1.29, 1.82) is 0 Å². The van der Waals surface area contributed by atoms with E-state index in [1.807, 2.05) is 19.1 Å². The molecule has 0 aliphatic carbocycles. The number of halogens is 2. The van der Waals surface area contributed by atoms with Gasteiger partial charge in [0.05, 0.1) is 12.8 Å². The lowest BCUT2D eigenvalue weighted by molar-refractivity contribution is 0.269. The molecule has 0 bridgehead atoms. The standard InChI is InChI=1S/C19H17Cl2N5O3/c1-2-28-17-7-12(9-22-25-19-24-18(27)10-23-26-19)3-6-16(17)29-11-13-4-5-14(20)8-15(13)21/h3-10H,2,11H2,1H3,(H2,24,25,26,27)/b22-9+. The summed E-state index contributed by atoms with van der Waals surface area (Å²) >= 11 is 12.1. The van der Waals surface area contributed by atoms with Crippen LogP contribution in [0.25, 0.3) is 0 Å². The SMILES string of the molecule is CCOc1cc(/C=N/Nc2nncc(=O)[nH]2)ccc1OCc1ccc(Cl)cc1Cl. The number of benzene rings is 2. The second-order valence-corrected chi connectivity index (χ2v) is 6.56. The Labute approximate surface area is 176 Å². The van der Waals surface area contributed by atoms with Gasteiger partial charge >= 0.3 is 0 Å². The first-order chi connectivity index (χ1) is 14.0. The molecular weight excluding hydrogens is 417 g/mol. The monoisotopic (exact) mass is 433 g/mol. The molecule has 3 aromatic rings. The van der Waals surface area contributed by atoms with Crippen LogP contribution in [0.15, 0.2) is 52.5 Å². The number of H-pyrrole nitrogens is 1. The fourth-order valence-electron chi connectivity index (χ4n) is 2.32. The maximum absolute atomic E-state index is 11.2. The molecule has 2 aromatic carbocycles. The van der Waals surface area contributed by atoms with Crippen LogP contribution in [0.4, 0.5) is 5.95 Å². The molecule has 0 aliphatic rings. The molecule has 2 N–H and O–H groups in total. The van der Waals surface area contributed by atoms with Crippen LogP contribution in [0.5, 0.6) is 11.5 Å². The Morgan fingerprint density at radius 3 is 2.79 bits per heavy atom. The lowest BCUT2D eigenvalue weighted by Crippen LogP contribution is -2.10. The van der Waals surface area contributed by atoms with Crippen LogP contribution in [0.3, 0.4) is 0 Å². The first-order valence-corrected chi connectivity index (χ1v) is 9.35. The van der Waals surface area contributed by atoms with Crippen LogP contribution in [0.1, 0.15) is 18.1 Å². The number of nitrogens with zero attached hydrogens (tertiary/aromatic N) is 3. The predicted octanol–water partition coefficient (Wildman–Crippen LogP) is 3.90. The minimum atomic E-state index is -0.376. The van der Waals surface area contributed by atoms with Crippen molar-refractivity contribution in [3.05, 3.63) is 74.1 Å². The molecule has 0 spiro atoms. The molecule has 1 heterocycles. The Hall–Kier alpha value is -3.10. The number of hydrogen-bond acceptors (Lipinski definition) is 7. The van der Waals surface area contributed by atoms with Gasteiger partial charge in [0.1, 0.15) is 12.8 Å². The number of aromatic nitrogens is 3. The van der Waals surface area contributed by atoms with Crippen molar-refractivity contribution in [3.8, 4) is 11.5 Å². The van der Waals surface area contributed by atoms with Crippen molar-refractivity contribution in [2.45, 2.75) is 13.5 Å². The number of aromatic amines is 1. The van der Waals surface area contributed by atoms with Gasteiger partial charge in [-0.25, -0.2) is 5.43 Å². The smallest absolute Gasteiger partial charge is 0.271 e. The summed E-state index contributed by atoms with van der Waals surface area (Å²) < 4.78 is 11.5. The summed E-state index contributed by atoms with van der Waals surface area (Å²) in [5.74, 6) is 1.27. The average molecular weight is 434 g/mol. The third kappa shape index (κ3) is 5.94. The van der Waals surface area contributed by atoms with E-state index in [0.29, 0.717) is 28.2 Å². The van der Waals surface area contributed by atoms with Gasteiger partial charge in [0.15, 0.2) is 11.5 Å². The summed E-state index contributed by atoms with van der Waals surface area (Å²) in [6, 6.07) is 10.6. The van der Waals surface area contributed by atoms with Crippen molar-refractivity contribution < 1.29 is 9.47 Å². The van der Waals surface area contributed by atoms with E-state index in [1.54, 1.807) is 30.5 Å². The highest BCUT2D eigenvalue weighted by molar-refractivity contribution is 6.35. The van der Waals surface area contributed by atoms with Crippen molar-refractivity contribution in [3.63, 3.8) is 0 Å². The summed E-state index contributed by atoms with van der Waals surface area (Å²) in [4.78, 5) is 13.6. The minimum absolute atomic E-state index is 0.138. The van der Waals surface area contributed by atoms with Gasteiger partial charge in [0.25, 0.3) is 5.56 Å². The highest BCUT2D eigenvalue weighted by Crippen LogP contribution is 2.30. The number of nitrogens with one attached hydrogen (secondary N) is 2. The third-order valence-corrected chi connectivity index (χ3v) is 4.21. The Bertz CT molecular complexity index is 1070. The predicted molar refractivity (Wildman–Crippen MR) is 112 cm³/mol. The summed E-state index contributed by atoms with van der Waals surface area (Å²) in [7, 11) is 0. The Morgan fingerprint density at radius 1 is 1.17 bits per heavy atom. The molecule has 3 rings (SSSR count). The van der Waals surface area contributed by atoms with Gasteiger partial charge in [0.2, 0.25) is 5.95 Å². The van der Waals surface area contributed by atoms with Crippen molar-refractivity contribution in [2.75, 3.05) is 12.0 Å². The zero-order valence-electron chi connectivity index (χ0n) is 15.4. The van der Waals surface area contributed by atoms with Crippen molar-refractivity contribution >= 4 is 35.4 Å². The topological polar surface area (TPSA) is 101 Å². The number of anilines is 1. The normalized spacial score (nSPS) is 10.9. The van der Waals surface area contributed by atoms with E-state index in [0.717, 1.165) is 17.3 Å². The molecule has 0 aliphatic heterocycles. The molecule has 0 unspecified atom stereocenters. The summed E-state index contributed by atoms with van der Waals surface area (Å²) in [5, 5.41) is 12.4. The van der Waals surface area contributed by atoms with Gasteiger partial charge in [-0.15, -0.1) is 10.2 Å². The highest BCUT2D eigenvalue weighted by atomic mass is 35.5. The molecular formula is C19H17Cl2N5O3. The maximum Gasteiger partial charge on any atom is 0.271 e. The molecule has 150 valence electrons. The molecule has 0 saturated heterocycles. The Morgan fingerprint density at radius 2 is 2.03 bits per heavy atom. The van der Waals surface area contributed by atoms with Gasteiger partial charge in [0, 0.05) is 15.6 Å². The fourth-order valence-corrected chi connectivity index (χ4v) is 2.78. The van der Waals surface area contributed by atoms with Crippen LogP contribution in [0.2, 0.25) is 10.0 Å². The average Bonchev–Trinajstić information content (AvgIpc) is 2.69. The molecule has 8 nitrogen and oxygen atoms in total. The van der Waals surface area contributed by atoms with E-state index >= 15 is 0 Å². The van der Waals surface area contributed by atoms with E-state index in [2.05, 4.69) is 25.7 Å². The third-order valence-electron chi connectivity index (χ3n) is 3.62. The van der Waals surface area contributed by atoms with Gasteiger partial charge in [-0.2, -0.15) is 5.10 Å². The zero-order chi connectivity index (χ0) is 20.6. The molecule has 1 aromatic heterocycles.